The molecule has 0 bridgehead atoms. The molecule has 3 N–H and O–H groups in total. The molecule has 1 aliphatic rings. The van der Waals surface area contributed by atoms with Crippen LogP contribution in [-0.4, -0.2) is 38.9 Å². The Morgan fingerprint density at radius 1 is 1.15 bits per heavy atom. The number of aromatic carboxylic acids is 1. The van der Waals surface area contributed by atoms with Crippen LogP contribution < -0.4 is 10.7 Å². The van der Waals surface area contributed by atoms with Crippen molar-refractivity contribution in [3.05, 3.63) is 65.5 Å². The van der Waals surface area contributed by atoms with E-state index in [1.165, 1.54) is 6.92 Å². The van der Waals surface area contributed by atoms with Crippen LogP contribution in [0.3, 0.4) is 0 Å². The number of urea groups is 1. The molecule has 2 aromatic rings. The number of nitrogens with one attached hydrogen (secondary N) is 2. The molecule has 4 amide bonds. The summed E-state index contributed by atoms with van der Waals surface area (Å²) in [5, 5.41) is 12.1. The second kappa shape index (κ2) is 6.28. The summed E-state index contributed by atoms with van der Waals surface area (Å²) in [6.07, 6.45) is 2.22. The zero-order chi connectivity index (χ0) is 18.9. The topological polar surface area (TPSA) is 129 Å². The van der Waals surface area contributed by atoms with E-state index in [1.807, 2.05) is 0 Å². The lowest BCUT2D eigenvalue weighted by Crippen LogP contribution is -2.48. The lowest BCUT2D eigenvalue weighted by molar-refractivity contribution is -0.132. The average Bonchev–Trinajstić information content (AvgIpc) is 2.86. The number of hydrogen-bond acceptors (Lipinski definition) is 5. The molecule has 1 atom stereocenters. The van der Waals surface area contributed by atoms with Crippen molar-refractivity contribution in [2.75, 3.05) is 0 Å². The van der Waals surface area contributed by atoms with E-state index < -0.39 is 29.4 Å². The molecule has 0 radical (unpaired) electrons. The Hall–Kier alpha value is -3.75. The molecule has 3 rings (SSSR count). The lowest BCUT2D eigenvalue weighted by Gasteiger charge is -2.22. The Morgan fingerprint density at radius 3 is 2.46 bits per heavy atom. The molecule has 9 nitrogen and oxygen atoms in total. The maximum atomic E-state index is 12.7. The number of benzene rings is 1. The van der Waals surface area contributed by atoms with E-state index in [9.17, 15) is 19.2 Å². The molecule has 26 heavy (non-hydrogen) atoms. The predicted molar refractivity (Wildman–Crippen MR) is 87.8 cm³/mol. The zero-order valence-electron chi connectivity index (χ0n) is 13.6. The van der Waals surface area contributed by atoms with Crippen molar-refractivity contribution >= 4 is 23.8 Å². The number of imide groups is 1. The molecule has 1 aromatic heterocycles. The van der Waals surface area contributed by atoms with Crippen molar-refractivity contribution in [1.29, 1.82) is 0 Å². The number of carboxylic acid groups (broad SMARTS) is 1. The summed E-state index contributed by atoms with van der Waals surface area (Å²) in [5.74, 6) is -2.75. The number of nitrogens with zero attached hydrogens (tertiary/aromatic N) is 2. The van der Waals surface area contributed by atoms with E-state index >= 15 is 0 Å². The first-order chi connectivity index (χ1) is 12.3. The molecule has 9 heteroatoms. The third-order valence-electron chi connectivity index (χ3n) is 4.00. The van der Waals surface area contributed by atoms with Gasteiger partial charge in [0.25, 0.3) is 11.8 Å². The Kier molecular flexibility index (Phi) is 4.13. The number of carbonyl (C=O) groups excluding carboxylic acids is 3. The molecule has 0 aliphatic carbocycles. The van der Waals surface area contributed by atoms with Gasteiger partial charge in [-0.3, -0.25) is 20.0 Å². The lowest BCUT2D eigenvalue weighted by atomic mass is 9.92. The summed E-state index contributed by atoms with van der Waals surface area (Å²) in [6, 6.07) is 8.90. The number of carbonyl (C=O) groups is 4. The third kappa shape index (κ3) is 2.86. The number of aromatic nitrogens is 1. The number of hydrogen-bond donors (Lipinski definition) is 3. The number of hydrazine groups is 1. The highest BCUT2D eigenvalue weighted by molar-refractivity contribution is 6.09. The monoisotopic (exact) mass is 354 g/mol. The summed E-state index contributed by atoms with van der Waals surface area (Å²) in [6.45, 7) is 1.53. The van der Waals surface area contributed by atoms with Gasteiger partial charge in [0.15, 0.2) is 0 Å². The molecule has 1 unspecified atom stereocenters. The minimum absolute atomic E-state index is 0.0983. The number of pyridine rings is 1. The summed E-state index contributed by atoms with van der Waals surface area (Å²) in [7, 11) is 0. The van der Waals surface area contributed by atoms with Gasteiger partial charge < -0.3 is 10.4 Å². The Bertz CT molecular complexity index is 914. The van der Waals surface area contributed by atoms with Crippen LogP contribution in [0.25, 0.3) is 0 Å². The highest BCUT2D eigenvalue weighted by Crippen LogP contribution is 2.27. The summed E-state index contributed by atoms with van der Waals surface area (Å²) < 4.78 is 0. The van der Waals surface area contributed by atoms with Gasteiger partial charge in [-0.1, -0.05) is 30.3 Å². The standard InChI is InChI=1S/C17H14N4O5/c1-17(12-5-3-2-4-6-12)15(25)21(16(26)19-17)20-13(22)10-7-11(14(23)24)9-18-8-10/h2-9H,1H3,(H,19,26)(H,20,22)(H,23,24). The summed E-state index contributed by atoms with van der Waals surface area (Å²) >= 11 is 0. The molecule has 1 saturated heterocycles. The largest absolute Gasteiger partial charge is 0.478 e. The van der Waals surface area contributed by atoms with Gasteiger partial charge in [-0.15, -0.1) is 0 Å². The van der Waals surface area contributed by atoms with Crippen molar-refractivity contribution in [1.82, 2.24) is 20.7 Å². The minimum atomic E-state index is -1.33. The number of rotatable bonds is 4. The van der Waals surface area contributed by atoms with Gasteiger partial charge in [-0.05, 0) is 18.6 Å². The van der Waals surface area contributed by atoms with Gasteiger partial charge in [-0.25, -0.2) is 9.59 Å². The molecule has 1 aliphatic heterocycles. The van der Waals surface area contributed by atoms with Crippen LogP contribution in [0.2, 0.25) is 0 Å². The maximum Gasteiger partial charge on any atom is 0.344 e. The Labute approximate surface area is 147 Å². The van der Waals surface area contributed by atoms with E-state index in [2.05, 4.69) is 15.7 Å². The molecule has 1 fully saturated rings. The van der Waals surface area contributed by atoms with Crippen LogP contribution in [0.1, 0.15) is 33.2 Å². The van der Waals surface area contributed by atoms with Gasteiger partial charge in [-0.2, -0.15) is 5.01 Å². The van der Waals surface area contributed by atoms with Crippen LogP contribution in [0, 0.1) is 0 Å². The highest BCUT2D eigenvalue weighted by atomic mass is 16.4. The van der Waals surface area contributed by atoms with Crippen molar-refractivity contribution < 1.29 is 24.3 Å². The fourth-order valence-corrected chi connectivity index (χ4v) is 2.55. The normalized spacial score (nSPS) is 19.2. The smallest absolute Gasteiger partial charge is 0.344 e. The van der Waals surface area contributed by atoms with E-state index in [-0.39, 0.29) is 11.1 Å². The molecular weight excluding hydrogens is 340 g/mol. The predicted octanol–water partition coefficient (Wildman–Crippen LogP) is 0.892. The van der Waals surface area contributed by atoms with Gasteiger partial charge >= 0.3 is 12.0 Å². The first kappa shape index (κ1) is 17.1. The van der Waals surface area contributed by atoms with Crippen LogP contribution in [0.4, 0.5) is 4.79 Å². The highest BCUT2D eigenvalue weighted by Gasteiger charge is 2.50. The van der Waals surface area contributed by atoms with Crippen LogP contribution in [-0.2, 0) is 10.3 Å². The second-order valence-corrected chi connectivity index (χ2v) is 5.77. The SMILES string of the molecule is CC1(c2ccccc2)NC(=O)N(NC(=O)c2cncc(C(=O)O)c2)C1=O. The molecule has 2 heterocycles. The van der Waals surface area contributed by atoms with Crippen LogP contribution in [0.15, 0.2) is 48.8 Å². The Balaban J connectivity index is 1.83. The van der Waals surface area contributed by atoms with Gasteiger partial charge in [0.1, 0.15) is 5.54 Å². The van der Waals surface area contributed by atoms with Crippen molar-refractivity contribution in [2.45, 2.75) is 12.5 Å². The molecule has 1 aromatic carbocycles. The fourth-order valence-electron chi connectivity index (χ4n) is 2.55. The Morgan fingerprint density at radius 2 is 1.81 bits per heavy atom. The van der Waals surface area contributed by atoms with Crippen LogP contribution in [0.5, 0.6) is 0 Å². The van der Waals surface area contributed by atoms with E-state index in [0.717, 1.165) is 18.5 Å². The van der Waals surface area contributed by atoms with E-state index in [0.29, 0.717) is 10.6 Å². The zero-order valence-corrected chi connectivity index (χ0v) is 13.6. The summed E-state index contributed by atoms with van der Waals surface area (Å²) in [4.78, 5) is 51.8. The maximum absolute atomic E-state index is 12.7. The van der Waals surface area contributed by atoms with E-state index in [1.54, 1.807) is 30.3 Å². The number of carboxylic acids is 1. The number of amides is 4. The van der Waals surface area contributed by atoms with Crippen molar-refractivity contribution in [3.8, 4) is 0 Å². The van der Waals surface area contributed by atoms with Gasteiger partial charge in [0.05, 0.1) is 11.1 Å². The quantitative estimate of drug-likeness (QED) is 0.700. The molecular formula is C17H14N4O5. The third-order valence-corrected chi connectivity index (χ3v) is 4.00. The van der Waals surface area contributed by atoms with Crippen molar-refractivity contribution in [2.24, 2.45) is 0 Å². The van der Waals surface area contributed by atoms with Gasteiger partial charge in [0, 0.05) is 12.4 Å². The van der Waals surface area contributed by atoms with E-state index in [4.69, 9.17) is 5.11 Å². The average molecular weight is 354 g/mol. The van der Waals surface area contributed by atoms with Crippen molar-refractivity contribution in [3.63, 3.8) is 0 Å². The molecule has 132 valence electrons. The van der Waals surface area contributed by atoms with Crippen LogP contribution >= 0.6 is 0 Å². The second-order valence-electron chi connectivity index (χ2n) is 5.77. The molecule has 0 spiro atoms. The fraction of sp³-hybridized carbons (Fsp3) is 0.118. The first-order valence-corrected chi connectivity index (χ1v) is 7.54. The molecule has 0 saturated carbocycles. The minimum Gasteiger partial charge on any atom is -0.478 e. The van der Waals surface area contributed by atoms with Gasteiger partial charge in [0.2, 0.25) is 0 Å². The first-order valence-electron chi connectivity index (χ1n) is 7.54. The summed E-state index contributed by atoms with van der Waals surface area (Å²) in [5.41, 5.74) is 1.13.